The Morgan fingerprint density at radius 1 is 1.17 bits per heavy atom. The maximum atomic E-state index is 11.2. The van der Waals surface area contributed by atoms with Gasteiger partial charge in [0.15, 0.2) is 0 Å². The van der Waals surface area contributed by atoms with E-state index in [1.807, 2.05) is 6.07 Å². The summed E-state index contributed by atoms with van der Waals surface area (Å²) in [6, 6.07) is 2.20. The van der Waals surface area contributed by atoms with Crippen molar-refractivity contribution in [1.82, 2.24) is 20.2 Å². The smallest absolute Gasteiger partial charge is 0.225 e. The Bertz CT molecular complexity index is 416. The Morgan fingerprint density at radius 3 is 2.50 bits per heavy atom. The molecule has 2 aliphatic rings. The number of piperazine rings is 1. The molecule has 2 fully saturated rings. The zero-order chi connectivity index (χ0) is 12.4. The predicted molar refractivity (Wildman–Crippen MR) is 67.2 cm³/mol. The van der Waals surface area contributed by atoms with Gasteiger partial charge in [-0.25, -0.2) is 9.97 Å². The van der Waals surface area contributed by atoms with Crippen LogP contribution >= 0.6 is 0 Å². The molecule has 6 heteroatoms. The van der Waals surface area contributed by atoms with E-state index < -0.39 is 0 Å². The summed E-state index contributed by atoms with van der Waals surface area (Å²) in [5, 5.41) is 2.89. The highest BCUT2D eigenvalue weighted by Gasteiger charge is 2.30. The summed E-state index contributed by atoms with van der Waals surface area (Å²) in [4.78, 5) is 24.3. The fourth-order valence-electron chi connectivity index (χ4n) is 2.59. The molecule has 1 aromatic heterocycles. The third-order valence-corrected chi connectivity index (χ3v) is 3.62. The number of rotatable bonds is 2. The van der Waals surface area contributed by atoms with Crippen molar-refractivity contribution in [2.45, 2.75) is 12.5 Å². The molecular formula is C12H17N5O. The Hall–Kier alpha value is -1.69. The first-order valence-corrected chi connectivity index (χ1v) is 6.35. The molecule has 0 saturated carbocycles. The summed E-state index contributed by atoms with van der Waals surface area (Å²) in [6.07, 6.45) is 4.18. The molecule has 0 radical (unpaired) electrons. The molecule has 0 spiro atoms. The molecule has 1 N–H and O–H groups in total. The summed E-state index contributed by atoms with van der Waals surface area (Å²) in [6.45, 7) is 4.58. The lowest BCUT2D eigenvalue weighted by Crippen LogP contribution is -2.51. The standard InChI is InChI=1S/C12H17N5O/c18-11-8-10(9-15-11)16-4-6-17(7-5-16)12-13-2-1-3-14-12/h1-3,10H,4-9H2,(H,15,18). The normalized spacial score (nSPS) is 25.2. The van der Waals surface area contributed by atoms with Gasteiger partial charge >= 0.3 is 0 Å². The van der Waals surface area contributed by atoms with Gasteiger partial charge in [0.2, 0.25) is 11.9 Å². The van der Waals surface area contributed by atoms with Crippen molar-refractivity contribution in [3.63, 3.8) is 0 Å². The van der Waals surface area contributed by atoms with Crippen molar-refractivity contribution in [3.8, 4) is 0 Å². The zero-order valence-electron chi connectivity index (χ0n) is 10.2. The van der Waals surface area contributed by atoms with E-state index in [9.17, 15) is 4.79 Å². The second-order valence-corrected chi connectivity index (χ2v) is 4.73. The van der Waals surface area contributed by atoms with Gasteiger partial charge in [-0.3, -0.25) is 9.69 Å². The summed E-state index contributed by atoms with van der Waals surface area (Å²) >= 11 is 0. The maximum Gasteiger partial charge on any atom is 0.225 e. The summed E-state index contributed by atoms with van der Waals surface area (Å²) in [5.74, 6) is 0.978. The number of aromatic nitrogens is 2. The third kappa shape index (κ3) is 2.28. The Balaban J connectivity index is 1.57. The first-order valence-electron chi connectivity index (χ1n) is 6.35. The van der Waals surface area contributed by atoms with Crippen LogP contribution in [0.4, 0.5) is 5.95 Å². The number of anilines is 1. The minimum atomic E-state index is 0.175. The molecule has 0 bridgehead atoms. The van der Waals surface area contributed by atoms with Gasteiger partial charge in [0.05, 0.1) is 0 Å². The highest BCUT2D eigenvalue weighted by molar-refractivity contribution is 5.78. The monoisotopic (exact) mass is 247 g/mol. The van der Waals surface area contributed by atoms with Crippen molar-refractivity contribution in [3.05, 3.63) is 18.5 Å². The number of hydrogen-bond donors (Lipinski definition) is 1. The number of carbonyl (C=O) groups is 1. The van der Waals surface area contributed by atoms with E-state index in [1.165, 1.54) is 0 Å². The van der Waals surface area contributed by atoms with Crippen molar-refractivity contribution >= 4 is 11.9 Å². The van der Waals surface area contributed by atoms with Gasteiger partial charge in [0.25, 0.3) is 0 Å². The molecule has 6 nitrogen and oxygen atoms in total. The van der Waals surface area contributed by atoms with E-state index in [0.717, 1.165) is 38.7 Å². The third-order valence-electron chi connectivity index (χ3n) is 3.62. The lowest BCUT2D eigenvalue weighted by molar-refractivity contribution is -0.119. The zero-order valence-corrected chi connectivity index (χ0v) is 10.2. The van der Waals surface area contributed by atoms with Gasteiger partial charge in [-0.2, -0.15) is 0 Å². The SMILES string of the molecule is O=C1CC(N2CCN(c3ncccn3)CC2)CN1. The van der Waals surface area contributed by atoms with Gasteiger partial charge in [-0.1, -0.05) is 0 Å². The maximum absolute atomic E-state index is 11.2. The van der Waals surface area contributed by atoms with Crippen LogP contribution in [0.5, 0.6) is 0 Å². The fourth-order valence-corrected chi connectivity index (χ4v) is 2.59. The molecule has 0 aliphatic carbocycles. The van der Waals surface area contributed by atoms with E-state index >= 15 is 0 Å². The molecule has 1 aromatic rings. The van der Waals surface area contributed by atoms with Crippen LogP contribution < -0.4 is 10.2 Å². The Labute approximate surface area is 106 Å². The van der Waals surface area contributed by atoms with E-state index in [1.54, 1.807) is 12.4 Å². The molecule has 18 heavy (non-hydrogen) atoms. The highest BCUT2D eigenvalue weighted by Crippen LogP contribution is 2.15. The fraction of sp³-hybridized carbons (Fsp3) is 0.583. The van der Waals surface area contributed by atoms with Crippen LogP contribution in [0.2, 0.25) is 0 Å². The molecule has 1 amide bonds. The quantitative estimate of drug-likeness (QED) is 0.762. The summed E-state index contributed by atoms with van der Waals surface area (Å²) in [7, 11) is 0. The number of nitrogens with zero attached hydrogens (tertiary/aromatic N) is 4. The first-order chi connectivity index (χ1) is 8.83. The van der Waals surface area contributed by atoms with Crippen LogP contribution in [-0.2, 0) is 4.79 Å². The lowest BCUT2D eigenvalue weighted by Gasteiger charge is -2.37. The Morgan fingerprint density at radius 2 is 1.89 bits per heavy atom. The number of amides is 1. The molecule has 2 saturated heterocycles. The predicted octanol–water partition coefficient (Wildman–Crippen LogP) is -0.513. The van der Waals surface area contributed by atoms with Gasteiger partial charge < -0.3 is 10.2 Å². The molecule has 2 aliphatic heterocycles. The van der Waals surface area contributed by atoms with Crippen LogP contribution in [0.3, 0.4) is 0 Å². The van der Waals surface area contributed by atoms with E-state index in [-0.39, 0.29) is 5.91 Å². The molecule has 1 unspecified atom stereocenters. The van der Waals surface area contributed by atoms with E-state index in [4.69, 9.17) is 0 Å². The number of carbonyl (C=O) groups excluding carboxylic acids is 1. The summed E-state index contributed by atoms with van der Waals surface area (Å²) < 4.78 is 0. The van der Waals surface area contributed by atoms with Crippen LogP contribution in [0.25, 0.3) is 0 Å². The van der Waals surface area contributed by atoms with Crippen LogP contribution in [0.1, 0.15) is 6.42 Å². The van der Waals surface area contributed by atoms with E-state index in [0.29, 0.717) is 12.5 Å². The second-order valence-electron chi connectivity index (χ2n) is 4.73. The minimum Gasteiger partial charge on any atom is -0.354 e. The largest absolute Gasteiger partial charge is 0.354 e. The van der Waals surface area contributed by atoms with Crippen LogP contribution in [-0.4, -0.2) is 59.5 Å². The highest BCUT2D eigenvalue weighted by atomic mass is 16.1. The van der Waals surface area contributed by atoms with Crippen molar-refractivity contribution in [2.75, 3.05) is 37.6 Å². The van der Waals surface area contributed by atoms with Crippen molar-refractivity contribution < 1.29 is 4.79 Å². The van der Waals surface area contributed by atoms with Crippen molar-refractivity contribution in [1.29, 1.82) is 0 Å². The molecule has 0 aromatic carbocycles. The lowest BCUT2D eigenvalue weighted by atomic mass is 10.2. The summed E-state index contributed by atoms with van der Waals surface area (Å²) in [5.41, 5.74) is 0. The topological polar surface area (TPSA) is 61.4 Å². The molecule has 1 atom stereocenters. The Kier molecular flexibility index (Phi) is 3.10. The van der Waals surface area contributed by atoms with Crippen LogP contribution in [0.15, 0.2) is 18.5 Å². The van der Waals surface area contributed by atoms with Crippen molar-refractivity contribution in [2.24, 2.45) is 0 Å². The van der Waals surface area contributed by atoms with Gasteiger partial charge in [0, 0.05) is 57.6 Å². The minimum absolute atomic E-state index is 0.175. The van der Waals surface area contributed by atoms with Gasteiger partial charge in [-0.15, -0.1) is 0 Å². The molecule has 3 heterocycles. The molecule has 3 rings (SSSR count). The average Bonchev–Trinajstić information content (AvgIpc) is 2.87. The van der Waals surface area contributed by atoms with Gasteiger partial charge in [-0.05, 0) is 6.07 Å². The van der Waals surface area contributed by atoms with Crippen LogP contribution in [0, 0.1) is 0 Å². The average molecular weight is 247 g/mol. The second kappa shape index (κ2) is 4.89. The van der Waals surface area contributed by atoms with E-state index in [2.05, 4.69) is 25.1 Å². The first kappa shape index (κ1) is 11.4. The number of nitrogens with one attached hydrogen (secondary N) is 1. The van der Waals surface area contributed by atoms with Gasteiger partial charge in [0.1, 0.15) is 0 Å². The number of hydrogen-bond acceptors (Lipinski definition) is 5. The molecule has 96 valence electrons. The molecular weight excluding hydrogens is 230 g/mol.